The Morgan fingerprint density at radius 2 is 2.12 bits per heavy atom. The number of rotatable bonds is 3. The number of nitrogens with one attached hydrogen (secondary N) is 1. The van der Waals surface area contributed by atoms with E-state index < -0.39 is 0 Å². The van der Waals surface area contributed by atoms with E-state index in [1.54, 1.807) is 0 Å². The molecule has 0 aromatic heterocycles. The molecule has 1 saturated carbocycles. The summed E-state index contributed by atoms with van der Waals surface area (Å²) in [5.74, 6) is 0.0301. The second kappa shape index (κ2) is 4.81. The van der Waals surface area contributed by atoms with Crippen LogP contribution in [0.4, 0.5) is 0 Å². The molecule has 92 valence electrons. The first-order valence-electron chi connectivity index (χ1n) is 6.04. The molecule has 1 fully saturated rings. The van der Waals surface area contributed by atoms with Crippen LogP contribution in [0.5, 0.6) is 0 Å². The van der Waals surface area contributed by atoms with Crippen molar-refractivity contribution in [3.63, 3.8) is 0 Å². The average Bonchev–Trinajstić information content (AvgIpc) is 2.22. The summed E-state index contributed by atoms with van der Waals surface area (Å²) in [6, 6.07) is 5.79. The van der Waals surface area contributed by atoms with E-state index in [0.29, 0.717) is 5.41 Å². The lowest BCUT2D eigenvalue weighted by Gasteiger charge is -2.38. The van der Waals surface area contributed by atoms with Crippen LogP contribution in [0.2, 0.25) is 0 Å². The van der Waals surface area contributed by atoms with Gasteiger partial charge in [0.1, 0.15) is 0 Å². The highest BCUT2D eigenvalue weighted by atomic mass is 79.9. The van der Waals surface area contributed by atoms with E-state index in [0.717, 1.165) is 22.1 Å². The zero-order valence-corrected chi connectivity index (χ0v) is 11.9. The van der Waals surface area contributed by atoms with Crippen LogP contribution in [0.3, 0.4) is 0 Å². The molecule has 1 amide bonds. The average molecular weight is 296 g/mol. The van der Waals surface area contributed by atoms with E-state index in [2.05, 4.69) is 28.2 Å². The lowest BCUT2D eigenvalue weighted by Crippen LogP contribution is -2.39. The number of carbonyl (C=O) groups excluding carboxylic acids is 1. The number of amides is 1. The highest BCUT2D eigenvalue weighted by molar-refractivity contribution is 9.10. The molecule has 0 radical (unpaired) electrons. The van der Waals surface area contributed by atoms with E-state index in [1.807, 2.05) is 25.1 Å². The van der Waals surface area contributed by atoms with Gasteiger partial charge in [-0.3, -0.25) is 4.79 Å². The Morgan fingerprint density at radius 3 is 2.65 bits per heavy atom. The Kier molecular flexibility index (Phi) is 3.57. The third kappa shape index (κ3) is 3.09. The molecule has 0 spiro atoms. The maximum Gasteiger partial charge on any atom is 0.251 e. The molecule has 0 atom stereocenters. The number of hydrogen-bond donors (Lipinski definition) is 1. The molecule has 1 aromatic rings. The van der Waals surface area contributed by atoms with Crippen LogP contribution in [-0.2, 0) is 0 Å². The van der Waals surface area contributed by atoms with Crippen molar-refractivity contribution in [2.24, 2.45) is 5.41 Å². The molecule has 1 N–H and O–H groups in total. The van der Waals surface area contributed by atoms with E-state index >= 15 is 0 Å². The zero-order chi connectivity index (χ0) is 12.5. The normalized spacial score (nSPS) is 17.4. The Labute approximate surface area is 111 Å². The molecule has 2 rings (SSSR count). The van der Waals surface area contributed by atoms with Gasteiger partial charge < -0.3 is 5.32 Å². The first-order chi connectivity index (χ1) is 7.98. The molecular formula is C14H18BrNO. The molecule has 17 heavy (non-hydrogen) atoms. The van der Waals surface area contributed by atoms with E-state index in [9.17, 15) is 4.79 Å². The molecule has 0 heterocycles. The number of halogens is 1. The monoisotopic (exact) mass is 295 g/mol. The van der Waals surface area contributed by atoms with Gasteiger partial charge in [-0.05, 0) is 48.9 Å². The largest absolute Gasteiger partial charge is 0.351 e. The molecule has 1 aromatic carbocycles. The van der Waals surface area contributed by atoms with Gasteiger partial charge in [0.25, 0.3) is 5.91 Å². The Balaban J connectivity index is 1.99. The number of aryl methyl sites for hydroxylation is 1. The minimum absolute atomic E-state index is 0.0301. The molecule has 2 nitrogen and oxygen atoms in total. The predicted molar refractivity (Wildman–Crippen MR) is 73.2 cm³/mol. The van der Waals surface area contributed by atoms with Crippen molar-refractivity contribution >= 4 is 21.8 Å². The summed E-state index contributed by atoms with van der Waals surface area (Å²) in [6.07, 6.45) is 3.75. The molecular weight excluding hydrogens is 278 g/mol. The molecule has 0 aliphatic heterocycles. The predicted octanol–water partition coefficient (Wildman–Crippen LogP) is 3.68. The quantitative estimate of drug-likeness (QED) is 0.906. The van der Waals surface area contributed by atoms with Gasteiger partial charge >= 0.3 is 0 Å². The van der Waals surface area contributed by atoms with Gasteiger partial charge in [-0.25, -0.2) is 0 Å². The minimum Gasteiger partial charge on any atom is -0.351 e. The van der Waals surface area contributed by atoms with Crippen molar-refractivity contribution < 1.29 is 4.79 Å². The third-order valence-corrected chi connectivity index (χ3v) is 4.00. The lowest BCUT2D eigenvalue weighted by atomic mass is 9.70. The maximum atomic E-state index is 12.0. The first kappa shape index (κ1) is 12.6. The van der Waals surface area contributed by atoms with Crippen molar-refractivity contribution in [1.29, 1.82) is 0 Å². The van der Waals surface area contributed by atoms with Gasteiger partial charge in [-0.1, -0.05) is 29.3 Å². The van der Waals surface area contributed by atoms with E-state index in [-0.39, 0.29) is 5.91 Å². The molecule has 0 saturated heterocycles. The summed E-state index contributed by atoms with van der Waals surface area (Å²) in [6.45, 7) is 5.02. The second-order valence-corrected chi connectivity index (χ2v) is 6.28. The molecule has 0 unspecified atom stereocenters. The summed E-state index contributed by atoms with van der Waals surface area (Å²) >= 11 is 3.42. The standard InChI is InChI=1S/C14H18BrNO/c1-10-6-11(8-12(15)7-10)13(17)16-9-14(2)4-3-5-14/h6-8H,3-5,9H2,1-2H3,(H,16,17). The molecule has 1 aliphatic rings. The maximum absolute atomic E-state index is 12.0. The second-order valence-electron chi connectivity index (χ2n) is 5.36. The van der Waals surface area contributed by atoms with Gasteiger partial charge in [-0.15, -0.1) is 0 Å². The van der Waals surface area contributed by atoms with Gasteiger partial charge in [0, 0.05) is 16.6 Å². The lowest BCUT2D eigenvalue weighted by molar-refractivity contribution is 0.0890. The molecule has 3 heteroatoms. The number of carbonyl (C=O) groups is 1. The fourth-order valence-corrected chi connectivity index (χ4v) is 2.83. The van der Waals surface area contributed by atoms with Crippen LogP contribution in [0.25, 0.3) is 0 Å². The van der Waals surface area contributed by atoms with Crippen molar-refractivity contribution in [3.05, 3.63) is 33.8 Å². The SMILES string of the molecule is Cc1cc(Br)cc(C(=O)NCC2(C)CCC2)c1. The minimum atomic E-state index is 0.0301. The van der Waals surface area contributed by atoms with E-state index in [1.165, 1.54) is 19.3 Å². The van der Waals surface area contributed by atoms with E-state index in [4.69, 9.17) is 0 Å². The van der Waals surface area contributed by atoms with Gasteiger partial charge in [0.05, 0.1) is 0 Å². The Morgan fingerprint density at radius 1 is 1.41 bits per heavy atom. The number of benzene rings is 1. The van der Waals surface area contributed by atoms with Crippen LogP contribution in [0.1, 0.15) is 42.1 Å². The van der Waals surface area contributed by atoms with Crippen molar-refractivity contribution in [3.8, 4) is 0 Å². The van der Waals surface area contributed by atoms with Crippen LogP contribution in [0.15, 0.2) is 22.7 Å². The summed E-state index contributed by atoms with van der Waals surface area (Å²) in [5, 5.41) is 3.04. The smallest absolute Gasteiger partial charge is 0.251 e. The first-order valence-corrected chi connectivity index (χ1v) is 6.83. The summed E-state index contributed by atoms with van der Waals surface area (Å²) in [5.41, 5.74) is 2.16. The summed E-state index contributed by atoms with van der Waals surface area (Å²) < 4.78 is 0.956. The van der Waals surface area contributed by atoms with Crippen LogP contribution in [-0.4, -0.2) is 12.5 Å². The Hall–Kier alpha value is -0.830. The molecule has 1 aliphatic carbocycles. The highest BCUT2D eigenvalue weighted by Gasteiger charge is 2.31. The van der Waals surface area contributed by atoms with Crippen LogP contribution >= 0.6 is 15.9 Å². The van der Waals surface area contributed by atoms with Crippen molar-refractivity contribution in [1.82, 2.24) is 5.32 Å². The summed E-state index contributed by atoms with van der Waals surface area (Å²) in [4.78, 5) is 12.0. The van der Waals surface area contributed by atoms with Crippen LogP contribution in [0, 0.1) is 12.3 Å². The fraction of sp³-hybridized carbons (Fsp3) is 0.500. The Bertz CT molecular complexity index is 418. The van der Waals surface area contributed by atoms with Gasteiger partial charge in [0.2, 0.25) is 0 Å². The summed E-state index contributed by atoms with van der Waals surface area (Å²) in [7, 11) is 0. The number of hydrogen-bond acceptors (Lipinski definition) is 1. The van der Waals surface area contributed by atoms with Gasteiger partial charge in [-0.2, -0.15) is 0 Å². The highest BCUT2D eigenvalue weighted by Crippen LogP contribution is 2.39. The van der Waals surface area contributed by atoms with Crippen molar-refractivity contribution in [2.75, 3.05) is 6.54 Å². The van der Waals surface area contributed by atoms with Crippen molar-refractivity contribution in [2.45, 2.75) is 33.1 Å². The zero-order valence-electron chi connectivity index (χ0n) is 10.3. The molecule has 0 bridgehead atoms. The fourth-order valence-electron chi connectivity index (χ4n) is 2.22. The topological polar surface area (TPSA) is 29.1 Å². The van der Waals surface area contributed by atoms with Gasteiger partial charge in [0.15, 0.2) is 0 Å². The third-order valence-electron chi connectivity index (χ3n) is 3.54. The van der Waals surface area contributed by atoms with Crippen LogP contribution < -0.4 is 5.32 Å².